The second kappa shape index (κ2) is 6.25. The number of benzene rings is 1. The fraction of sp³-hybridized carbons (Fsp3) is 0.133. The molecule has 1 heterocycles. The Morgan fingerprint density at radius 1 is 1.29 bits per heavy atom. The average Bonchev–Trinajstić information content (AvgIpc) is 2.45. The summed E-state index contributed by atoms with van der Waals surface area (Å²) in [6.45, 7) is 1.67. The quantitative estimate of drug-likeness (QED) is 0.880. The van der Waals surface area contributed by atoms with Crippen molar-refractivity contribution in [1.82, 2.24) is 4.98 Å². The molecule has 4 nitrogen and oxygen atoms in total. The van der Waals surface area contributed by atoms with E-state index in [0.29, 0.717) is 21.9 Å². The van der Waals surface area contributed by atoms with E-state index >= 15 is 0 Å². The van der Waals surface area contributed by atoms with Crippen molar-refractivity contribution in [2.24, 2.45) is 0 Å². The van der Waals surface area contributed by atoms with E-state index < -0.39 is 0 Å². The van der Waals surface area contributed by atoms with Crippen LogP contribution in [0.3, 0.4) is 0 Å². The zero-order valence-corrected chi connectivity index (χ0v) is 12.0. The number of nitrogen functional groups attached to an aromatic ring is 1. The molecule has 0 aliphatic rings. The highest BCUT2D eigenvalue weighted by molar-refractivity contribution is 7.98. The van der Waals surface area contributed by atoms with Crippen LogP contribution in [0.25, 0.3) is 0 Å². The topological polar surface area (TPSA) is 86.5 Å². The molecule has 2 N–H and O–H groups in total. The molecule has 0 radical (unpaired) electrons. The molecule has 0 spiro atoms. The first-order chi connectivity index (χ1) is 10.1. The summed E-state index contributed by atoms with van der Waals surface area (Å²) in [5.41, 5.74) is 7.60. The van der Waals surface area contributed by atoms with Gasteiger partial charge in [-0.25, -0.2) is 9.37 Å². The summed E-state index contributed by atoms with van der Waals surface area (Å²) < 4.78 is 13.1. The van der Waals surface area contributed by atoms with Crippen molar-refractivity contribution in [3.8, 4) is 12.1 Å². The molecule has 0 unspecified atom stereocenters. The molecule has 21 heavy (non-hydrogen) atoms. The molecular weight excluding hydrogens is 287 g/mol. The number of nitrogens with zero attached hydrogens (tertiary/aromatic N) is 3. The van der Waals surface area contributed by atoms with Gasteiger partial charge >= 0.3 is 0 Å². The predicted octanol–water partition coefficient (Wildman–Crippen LogP) is 3.15. The van der Waals surface area contributed by atoms with Crippen LogP contribution in [0, 0.1) is 35.4 Å². The van der Waals surface area contributed by atoms with Crippen molar-refractivity contribution in [2.75, 3.05) is 5.73 Å². The lowest BCUT2D eigenvalue weighted by molar-refractivity contribution is 0.626. The standard InChI is InChI=1S/C15H11FN4S/c1-9-12(6-17)14(19)20-15(13(9)7-18)21-8-10-3-2-4-11(16)5-10/h2-5H,8H2,1H3,(H2,19,20). The van der Waals surface area contributed by atoms with Gasteiger partial charge in [0, 0.05) is 5.75 Å². The number of anilines is 1. The first-order valence-electron chi connectivity index (χ1n) is 6.04. The first-order valence-corrected chi connectivity index (χ1v) is 7.03. The fourth-order valence-corrected chi connectivity index (χ4v) is 2.84. The Kier molecular flexibility index (Phi) is 4.42. The number of hydrogen-bond acceptors (Lipinski definition) is 5. The Morgan fingerprint density at radius 3 is 2.62 bits per heavy atom. The number of rotatable bonds is 3. The van der Waals surface area contributed by atoms with Gasteiger partial charge in [-0.1, -0.05) is 12.1 Å². The molecule has 0 bridgehead atoms. The maximum atomic E-state index is 13.1. The van der Waals surface area contributed by atoms with E-state index in [1.165, 1.54) is 23.9 Å². The van der Waals surface area contributed by atoms with Crippen molar-refractivity contribution in [3.05, 3.63) is 52.3 Å². The number of aromatic nitrogens is 1. The van der Waals surface area contributed by atoms with Crippen molar-refractivity contribution in [1.29, 1.82) is 10.5 Å². The van der Waals surface area contributed by atoms with Gasteiger partial charge in [-0.2, -0.15) is 10.5 Å². The lowest BCUT2D eigenvalue weighted by atomic mass is 10.1. The third-order valence-corrected chi connectivity index (χ3v) is 3.98. The molecule has 0 saturated heterocycles. The number of halogens is 1. The molecule has 0 atom stereocenters. The minimum absolute atomic E-state index is 0.107. The Hall–Kier alpha value is -2.57. The van der Waals surface area contributed by atoms with Crippen molar-refractivity contribution >= 4 is 17.6 Å². The Bertz CT molecular complexity index is 774. The van der Waals surface area contributed by atoms with Crippen LogP contribution in [0.1, 0.15) is 22.3 Å². The zero-order chi connectivity index (χ0) is 15.4. The maximum absolute atomic E-state index is 13.1. The van der Waals surface area contributed by atoms with Gasteiger partial charge in [0.1, 0.15) is 28.8 Å². The number of thioether (sulfide) groups is 1. The Balaban J connectivity index is 2.33. The van der Waals surface area contributed by atoms with E-state index in [4.69, 9.17) is 11.0 Å². The smallest absolute Gasteiger partial charge is 0.143 e. The number of nitrogens with two attached hydrogens (primary N) is 1. The van der Waals surface area contributed by atoms with Gasteiger partial charge in [0.2, 0.25) is 0 Å². The summed E-state index contributed by atoms with van der Waals surface area (Å²) in [6, 6.07) is 10.2. The van der Waals surface area contributed by atoms with Gasteiger partial charge in [-0.3, -0.25) is 0 Å². The molecule has 0 saturated carbocycles. The van der Waals surface area contributed by atoms with Gasteiger partial charge in [0.15, 0.2) is 0 Å². The lowest BCUT2D eigenvalue weighted by Gasteiger charge is -2.09. The van der Waals surface area contributed by atoms with E-state index in [2.05, 4.69) is 4.98 Å². The molecule has 1 aromatic heterocycles. The van der Waals surface area contributed by atoms with Crippen LogP contribution >= 0.6 is 11.8 Å². The van der Waals surface area contributed by atoms with Gasteiger partial charge in [-0.15, -0.1) is 11.8 Å². The second-order valence-electron chi connectivity index (χ2n) is 4.32. The number of hydrogen-bond donors (Lipinski definition) is 1. The van der Waals surface area contributed by atoms with Crippen LogP contribution in [0.15, 0.2) is 29.3 Å². The van der Waals surface area contributed by atoms with Gasteiger partial charge in [0.25, 0.3) is 0 Å². The monoisotopic (exact) mass is 298 g/mol. The summed E-state index contributed by atoms with van der Waals surface area (Å²) in [5.74, 6) is 0.261. The van der Waals surface area contributed by atoms with Crippen molar-refractivity contribution in [3.63, 3.8) is 0 Å². The molecule has 0 fully saturated rings. The highest BCUT2D eigenvalue weighted by atomic mass is 32.2. The second-order valence-corrected chi connectivity index (χ2v) is 5.28. The number of pyridine rings is 1. The molecule has 1 aromatic carbocycles. The molecule has 0 aliphatic carbocycles. The summed E-state index contributed by atoms with van der Waals surface area (Å²) in [4.78, 5) is 4.12. The van der Waals surface area contributed by atoms with Crippen molar-refractivity contribution < 1.29 is 4.39 Å². The van der Waals surface area contributed by atoms with E-state index in [1.807, 2.05) is 12.1 Å². The van der Waals surface area contributed by atoms with Crippen LogP contribution in [-0.2, 0) is 5.75 Å². The molecule has 2 aromatic rings. The Labute approximate surface area is 126 Å². The molecular formula is C15H11FN4S. The average molecular weight is 298 g/mol. The third-order valence-electron chi connectivity index (χ3n) is 2.93. The van der Waals surface area contributed by atoms with Crippen LogP contribution in [0.2, 0.25) is 0 Å². The van der Waals surface area contributed by atoms with Crippen LogP contribution in [0.4, 0.5) is 10.2 Å². The van der Waals surface area contributed by atoms with Crippen molar-refractivity contribution in [2.45, 2.75) is 17.7 Å². The molecule has 2 rings (SSSR count). The summed E-state index contributed by atoms with van der Waals surface area (Å²) >= 11 is 1.29. The number of nitriles is 2. The zero-order valence-electron chi connectivity index (χ0n) is 11.2. The predicted molar refractivity (Wildman–Crippen MR) is 78.8 cm³/mol. The first kappa shape index (κ1) is 14.8. The maximum Gasteiger partial charge on any atom is 0.143 e. The molecule has 6 heteroatoms. The highest BCUT2D eigenvalue weighted by Crippen LogP contribution is 2.29. The minimum atomic E-state index is -0.308. The van der Waals surface area contributed by atoms with E-state index in [-0.39, 0.29) is 17.2 Å². The largest absolute Gasteiger partial charge is 0.383 e. The lowest BCUT2D eigenvalue weighted by Crippen LogP contribution is -2.03. The summed E-state index contributed by atoms with van der Waals surface area (Å²) in [6.07, 6.45) is 0. The third kappa shape index (κ3) is 3.13. The van der Waals surface area contributed by atoms with E-state index in [0.717, 1.165) is 5.56 Å². The molecule has 0 aliphatic heterocycles. The van der Waals surface area contributed by atoms with E-state index in [1.54, 1.807) is 19.1 Å². The SMILES string of the molecule is Cc1c(C#N)c(N)nc(SCc2cccc(F)c2)c1C#N. The normalized spacial score (nSPS) is 9.90. The summed E-state index contributed by atoms with van der Waals surface area (Å²) in [7, 11) is 0. The van der Waals surface area contributed by atoms with Gasteiger partial charge < -0.3 is 5.73 Å². The van der Waals surface area contributed by atoms with Gasteiger partial charge in [-0.05, 0) is 30.2 Å². The van der Waals surface area contributed by atoms with Gasteiger partial charge in [0.05, 0.1) is 11.1 Å². The van der Waals surface area contributed by atoms with Crippen LogP contribution in [0.5, 0.6) is 0 Å². The Morgan fingerprint density at radius 2 is 2.00 bits per heavy atom. The molecule has 104 valence electrons. The molecule has 0 amide bonds. The van der Waals surface area contributed by atoms with Crippen LogP contribution < -0.4 is 5.73 Å². The minimum Gasteiger partial charge on any atom is -0.383 e. The summed E-state index contributed by atoms with van der Waals surface area (Å²) in [5, 5.41) is 18.7. The highest BCUT2D eigenvalue weighted by Gasteiger charge is 2.15. The van der Waals surface area contributed by atoms with Crippen LogP contribution in [-0.4, -0.2) is 4.98 Å². The fourth-order valence-electron chi connectivity index (χ4n) is 1.85. The van der Waals surface area contributed by atoms with E-state index in [9.17, 15) is 9.65 Å².